The number of benzene rings is 1. The Bertz CT molecular complexity index is 875. The Morgan fingerprint density at radius 2 is 1.97 bits per heavy atom. The number of nitrogens with zero attached hydrogens (tertiary/aromatic N) is 2. The third kappa shape index (κ3) is 5.59. The van der Waals surface area contributed by atoms with Crippen molar-refractivity contribution in [2.45, 2.75) is 6.42 Å². The zero-order valence-corrected chi connectivity index (χ0v) is 18.6. The molecule has 1 aromatic heterocycles. The second-order valence-corrected chi connectivity index (χ2v) is 8.48. The van der Waals surface area contributed by atoms with Crippen LogP contribution in [0.4, 0.5) is 0 Å². The minimum Gasteiger partial charge on any atom is -0.496 e. The lowest BCUT2D eigenvalue weighted by Crippen LogP contribution is -2.40. The maximum Gasteiger partial charge on any atom is 0.261 e. The van der Waals surface area contributed by atoms with Crippen LogP contribution in [0.1, 0.15) is 26.5 Å². The number of methoxy groups -OCH3 is 1. The van der Waals surface area contributed by atoms with E-state index in [1.807, 2.05) is 44.4 Å². The van der Waals surface area contributed by atoms with Gasteiger partial charge in [0, 0.05) is 24.5 Å². The first-order valence-electron chi connectivity index (χ1n) is 10.1. The lowest BCUT2D eigenvalue weighted by atomic mass is 10.1. The molecule has 0 saturated carbocycles. The van der Waals surface area contributed by atoms with E-state index in [9.17, 15) is 9.59 Å². The predicted molar refractivity (Wildman–Crippen MR) is 119 cm³/mol. The quantitative estimate of drug-likeness (QED) is 0.651. The monoisotopic (exact) mass is 431 g/mol. The van der Waals surface area contributed by atoms with Gasteiger partial charge in [0.1, 0.15) is 5.75 Å². The first kappa shape index (κ1) is 22.3. The Hall–Kier alpha value is -2.42. The Morgan fingerprint density at radius 1 is 1.20 bits per heavy atom. The van der Waals surface area contributed by atoms with E-state index in [1.54, 1.807) is 12.0 Å². The molecule has 1 aromatic carbocycles. The minimum atomic E-state index is -0.0665. The van der Waals surface area contributed by atoms with Gasteiger partial charge >= 0.3 is 0 Å². The first-order chi connectivity index (χ1) is 14.5. The Labute approximate surface area is 181 Å². The standard InChI is InChI=1S/C22H29N3O4S/c1-24(2)10-4-9-23-21(26)20-8-7-19(30-20)16-5-6-18(28-3)17(15-16)22(27)25-11-13-29-14-12-25/h5-8,15H,4,9-14H2,1-3H3,(H,23,26). The van der Waals surface area contributed by atoms with Gasteiger partial charge in [0.05, 0.1) is 30.8 Å². The molecule has 0 radical (unpaired) electrons. The van der Waals surface area contributed by atoms with Crippen LogP contribution in [0.15, 0.2) is 30.3 Å². The third-order valence-corrected chi connectivity index (χ3v) is 6.04. The molecule has 7 nitrogen and oxygen atoms in total. The molecule has 162 valence electrons. The van der Waals surface area contributed by atoms with Crippen molar-refractivity contribution in [1.29, 1.82) is 0 Å². The summed E-state index contributed by atoms with van der Waals surface area (Å²) in [4.78, 5) is 30.9. The van der Waals surface area contributed by atoms with E-state index in [4.69, 9.17) is 9.47 Å². The van der Waals surface area contributed by atoms with Gasteiger partial charge in [0.2, 0.25) is 0 Å². The molecule has 0 atom stereocenters. The van der Waals surface area contributed by atoms with E-state index >= 15 is 0 Å². The number of ether oxygens (including phenoxy) is 2. The van der Waals surface area contributed by atoms with Crippen molar-refractivity contribution in [2.75, 3.05) is 60.6 Å². The van der Waals surface area contributed by atoms with Gasteiger partial charge in [0.25, 0.3) is 11.8 Å². The van der Waals surface area contributed by atoms with Crippen molar-refractivity contribution in [2.24, 2.45) is 0 Å². The highest BCUT2D eigenvalue weighted by molar-refractivity contribution is 7.17. The lowest BCUT2D eigenvalue weighted by Gasteiger charge is -2.27. The maximum absolute atomic E-state index is 13.0. The molecule has 1 fully saturated rings. The van der Waals surface area contributed by atoms with E-state index < -0.39 is 0 Å². The van der Waals surface area contributed by atoms with Gasteiger partial charge < -0.3 is 24.6 Å². The van der Waals surface area contributed by atoms with Crippen LogP contribution in [0.2, 0.25) is 0 Å². The molecule has 2 amide bonds. The topological polar surface area (TPSA) is 71.1 Å². The highest BCUT2D eigenvalue weighted by Crippen LogP contribution is 2.32. The van der Waals surface area contributed by atoms with Crippen LogP contribution >= 0.6 is 11.3 Å². The lowest BCUT2D eigenvalue weighted by molar-refractivity contribution is 0.0301. The maximum atomic E-state index is 13.0. The van der Waals surface area contributed by atoms with Gasteiger partial charge in [-0.05, 0) is 63.0 Å². The zero-order valence-electron chi connectivity index (χ0n) is 17.8. The van der Waals surface area contributed by atoms with E-state index in [0.29, 0.717) is 49.0 Å². The van der Waals surface area contributed by atoms with E-state index in [2.05, 4.69) is 10.2 Å². The van der Waals surface area contributed by atoms with Crippen LogP contribution in [-0.4, -0.2) is 82.2 Å². The number of morpholine rings is 1. The van der Waals surface area contributed by atoms with Crippen molar-refractivity contribution < 1.29 is 19.1 Å². The predicted octanol–water partition coefficient (Wildman–Crippen LogP) is 2.58. The van der Waals surface area contributed by atoms with E-state index in [1.165, 1.54) is 11.3 Å². The van der Waals surface area contributed by atoms with Crippen LogP contribution in [-0.2, 0) is 4.74 Å². The summed E-state index contributed by atoms with van der Waals surface area (Å²) in [7, 11) is 5.59. The number of rotatable bonds is 8. The fourth-order valence-corrected chi connectivity index (χ4v) is 4.18. The number of hydrogen-bond donors (Lipinski definition) is 1. The van der Waals surface area contributed by atoms with Crippen molar-refractivity contribution in [3.8, 4) is 16.2 Å². The highest BCUT2D eigenvalue weighted by atomic mass is 32.1. The minimum absolute atomic E-state index is 0.0626. The van der Waals surface area contributed by atoms with Gasteiger partial charge in [0.15, 0.2) is 0 Å². The molecule has 1 saturated heterocycles. The number of carbonyl (C=O) groups excluding carboxylic acids is 2. The summed E-state index contributed by atoms with van der Waals surface area (Å²) in [6, 6.07) is 9.32. The molecule has 30 heavy (non-hydrogen) atoms. The van der Waals surface area contributed by atoms with Crippen molar-refractivity contribution >= 4 is 23.2 Å². The van der Waals surface area contributed by atoms with Crippen molar-refractivity contribution in [3.05, 3.63) is 40.8 Å². The second-order valence-electron chi connectivity index (χ2n) is 7.40. The molecule has 3 rings (SSSR count). The molecule has 0 aliphatic carbocycles. The summed E-state index contributed by atoms with van der Waals surface area (Å²) >= 11 is 1.42. The highest BCUT2D eigenvalue weighted by Gasteiger charge is 2.22. The van der Waals surface area contributed by atoms with E-state index in [-0.39, 0.29) is 11.8 Å². The third-order valence-electron chi connectivity index (χ3n) is 4.91. The van der Waals surface area contributed by atoms with Crippen LogP contribution in [0, 0.1) is 0 Å². The fourth-order valence-electron chi connectivity index (χ4n) is 3.26. The molecular formula is C22H29N3O4S. The number of nitrogens with one attached hydrogen (secondary N) is 1. The van der Waals surface area contributed by atoms with Crippen LogP contribution in [0.25, 0.3) is 10.4 Å². The summed E-state index contributed by atoms with van der Waals surface area (Å²) in [5.41, 5.74) is 1.42. The van der Waals surface area contributed by atoms with Crippen LogP contribution in [0.5, 0.6) is 5.75 Å². The Balaban J connectivity index is 1.73. The van der Waals surface area contributed by atoms with Gasteiger partial charge in [-0.25, -0.2) is 0 Å². The van der Waals surface area contributed by atoms with Gasteiger partial charge in [-0.2, -0.15) is 0 Å². The molecular weight excluding hydrogens is 402 g/mol. The number of amides is 2. The summed E-state index contributed by atoms with van der Waals surface area (Å²) in [5, 5.41) is 2.96. The normalized spacial score (nSPS) is 14.1. The molecule has 0 bridgehead atoms. The first-order valence-corrected chi connectivity index (χ1v) is 10.9. The van der Waals surface area contributed by atoms with E-state index in [0.717, 1.165) is 23.4 Å². The molecule has 8 heteroatoms. The average molecular weight is 432 g/mol. The molecule has 1 N–H and O–H groups in total. The summed E-state index contributed by atoms with van der Waals surface area (Å²) in [6.07, 6.45) is 0.905. The van der Waals surface area contributed by atoms with Gasteiger partial charge in [-0.15, -0.1) is 11.3 Å². The number of hydrogen-bond acceptors (Lipinski definition) is 6. The van der Waals surface area contributed by atoms with Crippen molar-refractivity contribution in [3.63, 3.8) is 0 Å². The average Bonchev–Trinajstić information content (AvgIpc) is 3.26. The van der Waals surface area contributed by atoms with Gasteiger partial charge in [-0.1, -0.05) is 0 Å². The van der Waals surface area contributed by atoms with Crippen molar-refractivity contribution in [1.82, 2.24) is 15.1 Å². The summed E-state index contributed by atoms with van der Waals surface area (Å²) in [5.74, 6) is 0.418. The molecule has 0 spiro atoms. The molecule has 0 unspecified atom stereocenters. The number of thiophene rings is 1. The Kier molecular flexibility index (Phi) is 7.84. The number of carbonyl (C=O) groups is 2. The largest absolute Gasteiger partial charge is 0.496 e. The summed E-state index contributed by atoms with van der Waals surface area (Å²) in [6.45, 7) is 3.82. The van der Waals surface area contributed by atoms with Gasteiger partial charge in [-0.3, -0.25) is 9.59 Å². The van der Waals surface area contributed by atoms with Crippen LogP contribution < -0.4 is 10.1 Å². The molecule has 2 heterocycles. The second kappa shape index (κ2) is 10.6. The Morgan fingerprint density at radius 3 is 2.67 bits per heavy atom. The molecule has 1 aliphatic rings. The summed E-state index contributed by atoms with van der Waals surface area (Å²) < 4.78 is 10.8. The SMILES string of the molecule is COc1ccc(-c2ccc(C(=O)NCCCN(C)C)s2)cc1C(=O)N1CCOCC1. The molecule has 2 aromatic rings. The smallest absolute Gasteiger partial charge is 0.261 e. The zero-order chi connectivity index (χ0) is 21.5. The fraction of sp³-hybridized carbons (Fsp3) is 0.455. The molecule has 1 aliphatic heterocycles. The van der Waals surface area contributed by atoms with Crippen LogP contribution in [0.3, 0.4) is 0 Å².